The van der Waals surface area contributed by atoms with Gasteiger partial charge in [-0.2, -0.15) is 0 Å². The minimum atomic E-state index is 0.525. The number of hydrogen-bond donors (Lipinski definition) is 0. The van der Waals surface area contributed by atoms with E-state index in [4.69, 9.17) is 0 Å². The van der Waals surface area contributed by atoms with E-state index in [9.17, 15) is 0 Å². The van der Waals surface area contributed by atoms with Gasteiger partial charge in [0, 0.05) is 0 Å². The van der Waals surface area contributed by atoms with E-state index in [1.807, 2.05) is 0 Å². The summed E-state index contributed by atoms with van der Waals surface area (Å²) in [6.07, 6.45) is 13.7. The van der Waals surface area contributed by atoms with Crippen LogP contribution in [0.15, 0.2) is 12.2 Å². The third-order valence-corrected chi connectivity index (χ3v) is 5.63. The van der Waals surface area contributed by atoms with E-state index in [2.05, 4.69) is 39.8 Å². The SMILES string of the molecule is CC1C=CC(C(C)(C)C2CCC(C)CC2)CC1. The van der Waals surface area contributed by atoms with Crippen molar-refractivity contribution in [2.75, 3.05) is 0 Å². The Kier molecular flexibility index (Phi) is 4.00. The molecule has 98 valence electrons. The lowest BCUT2D eigenvalue weighted by molar-refractivity contribution is 0.0836. The zero-order valence-electron chi connectivity index (χ0n) is 12.2. The average Bonchev–Trinajstić information content (AvgIpc) is 2.30. The maximum absolute atomic E-state index is 2.53. The summed E-state index contributed by atoms with van der Waals surface area (Å²) in [6.45, 7) is 9.82. The Hall–Kier alpha value is -0.260. The lowest BCUT2D eigenvalue weighted by Gasteiger charge is -2.44. The van der Waals surface area contributed by atoms with E-state index < -0.39 is 0 Å². The third-order valence-electron chi connectivity index (χ3n) is 5.63. The first-order valence-electron chi connectivity index (χ1n) is 7.68. The van der Waals surface area contributed by atoms with Crippen LogP contribution in [0.1, 0.15) is 66.2 Å². The molecular formula is C17H30. The van der Waals surface area contributed by atoms with Crippen LogP contribution in [0.5, 0.6) is 0 Å². The van der Waals surface area contributed by atoms with Crippen LogP contribution in [0.3, 0.4) is 0 Å². The maximum Gasteiger partial charge on any atom is -0.0179 e. The van der Waals surface area contributed by atoms with Gasteiger partial charge in [0.2, 0.25) is 0 Å². The Balaban J connectivity index is 2.00. The fourth-order valence-electron chi connectivity index (χ4n) is 3.89. The largest absolute Gasteiger partial charge is 0.0854 e. The zero-order chi connectivity index (χ0) is 12.5. The highest BCUT2D eigenvalue weighted by Crippen LogP contribution is 2.47. The smallest absolute Gasteiger partial charge is 0.0179 e. The van der Waals surface area contributed by atoms with Crippen molar-refractivity contribution in [3.8, 4) is 0 Å². The Morgan fingerprint density at radius 3 is 2.00 bits per heavy atom. The Bertz CT molecular complexity index is 266. The molecule has 0 radical (unpaired) electrons. The molecule has 0 heterocycles. The molecule has 0 aromatic heterocycles. The van der Waals surface area contributed by atoms with Crippen molar-refractivity contribution in [2.45, 2.75) is 66.2 Å². The molecule has 0 nitrogen and oxygen atoms in total. The normalized spacial score (nSPS) is 39.3. The average molecular weight is 234 g/mol. The summed E-state index contributed by atoms with van der Waals surface area (Å²) in [7, 11) is 0. The molecule has 17 heavy (non-hydrogen) atoms. The number of hydrogen-bond acceptors (Lipinski definition) is 0. The minimum Gasteiger partial charge on any atom is -0.0854 e. The van der Waals surface area contributed by atoms with Crippen molar-refractivity contribution in [1.29, 1.82) is 0 Å². The molecule has 0 aromatic carbocycles. The van der Waals surface area contributed by atoms with Gasteiger partial charge in [0.05, 0.1) is 0 Å². The Labute approximate surface area is 108 Å². The third kappa shape index (κ3) is 2.95. The van der Waals surface area contributed by atoms with Crippen LogP contribution < -0.4 is 0 Å². The lowest BCUT2D eigenvalue weighted by atomic mass is 9.61. The summed E-state index contributed by atoms with van der Waals surface area (Å²) in [5.41, 5.74) is 0.525. The summed E-state index contributed by atoms with van der Waals surface area (Å²) >= 11 is 0. The van der Waals surface area contributed by atoms with Crippen molar-refractivity contribution in [2.24, 2.45) is 29.1 Å². The van der Waals surface area contributed by atoms with Crippen molar-refractivity contribution < 1.29 is 0 Å². The Morgan fingerprint density at radius 1 is 0.824 bits per heavy atom. The Morgan fingerprint density at radius 2 is 1.47 bits per heavy atom. The first kappa shape index (κ1) is 13.2. The minimum absolute atomic E-state index is 0.525. The van der Waals surface area contributed by atoms with Gasteiger partial charge >= 0.3 is 0 Å². The summed E-state index contributed by atoms with van der Waals surface area (Å²) in [5.74, 6) is 3.58. The van der Waals surface area contributed by atoms with Gasteiger partial charge in [0.1, 0.15) is 0 Å². The van der Waals surface area contributed by atoms with Crippen LogP contribution in [-0.4, -0.2) is 0 Å². The van der Waals surface area contributed by atoms with Crippen molar-refractivity contribution in [3.05, 3.63) is 12.2 Å². The van der Waals surface area contributed by atoms with Crippen LogP contribution in [-0.2, 0) is 0 Å². The summed E-state index contributed by atoms with van der Waals surface area (Å²) in [5, 5.41) is 0. The second kappa shape index (κ2) is 5.16. The molecule has 0 saturated heterocycles. The van der Waals surface area contributed by atoms with Crippen LogP contribution in [0.25, 0.3) is 0 Å². The molecule has 2 atom stereocenters. The summed E-state index contributed by atoms with van der Waals surface area (Å²) < 4.78 is 0. The van der Waals surface area contributed by atoms with Crippen LogP contribution in [0, 0.1) is 29.1 Å². The van der Waals surface area contributed by atoms with Gasteiger partial charge in [-0.05, 0) is 54.8 Å². The molecular weight excluding hydrogens is 204 g/mol. The monoisotopic (exact) mass is 234 g/mol. The van der Waals surface area contributed by atoms with Gasteiger partial charge in [-0.3, -0.25) is 0 Å². The van der Waals surface area contributed by atoms with E-state index in [1.165, 1.54) is 38.5 Å². The molecule has 0 spiro atoms. The molecule has 0 N–H and O–H groups in total. The summed E-state index contributed by atoms with van der Waals surface area (Å²) in [6, 6.07) is 0. The number of rotatable bonds is 2. The van der Waals surface area contributed by atoms with Gasteiger partial charge in [-0.1, -0.05) is 52.7 Å². The van der Waals surface area contributed by atoms with E-state index in [0.717, 1.165) is 23.7 Å². The highest BCUT2D eigenvalue weighted by molar-refractivity contribution is 5.03. The molecule has 1 fully saturated rings. The molecule has 2 rings (SSSR count). The van der Waals surface area contributed by atoms with Crippen molar-refractivity contribution >= 4 is 0 Å². The highest BCUT2D eigenvalue weighted by Gasteiger charge is 2.37. The molecule has 0 bridgehead atoms. The van der Waals surface area contributed by atoms with Gasteiger partial charge < -0.3 is 0 Å². The van der Waals surface area contributed by atoms with Gasteiger partial charge in [-0.15, -0.1) is 0 Å². The fraction of sp³-hybridized carbons (Fsp3) is 0.882. The quantitative estimate of drug-likeness (QED) is 0.558. The second-order valence-electron chi connectivity index (χ2n) is 7.32. The molecule has 1 saturated carbocycles. The van der Waals surface area contributed by atoms with Gasteiger partial charge in [0.15, 0.2) is 0 Å². The lowest BCUT2D eigenvalue weighted by Crippen LogP contribution is -2.35. The molecule has 2 unspecified atom stereocenters. The molecule has 2 aliphatic rings. The molecule has 0 amide bonds. The van der Waals surface area contributed by atoms with Crippen molar-refractivity contribution in [3.63, 3.8) is 0 Å². The second-order valence-corrected chi connectivity index (χ2v) is 7.32. The standard InChI is InChI=1S/C17H30/c1-13-5-9-15(10-6-13)17(3,4)16-11-7-14(2)8-12-16/h5,9,13-16H,6-8,10-12H2,1-4H3. The fourth-order valence-corrected chi connectivity index (χ4v) is 3.89. The topological polar surface area (TPSA) is 0 Å². The molecule has 0 heteroatoms. The van der Waals surface area contributed by atoms with Crippen LogP contribution in [0.2, 0.25) is 0 Å². The first-order chi connectivity index (χ1) is 8.00. The predicted molar refractivity (Wildman–Crippen MR) is 75.9 cm³/mol. The van der Waals surface area contributed by atoms with Crippen LogP contribution >= 0.6 is 0 Å². The van der Waals surface area contributed by atoms with Gasteiger partial charge in [0.25, 0.3) is 0 Å². The molecule has 0 aliphatic heterocycles. The van der Waals surface area contributed by atoms with E-state index >= 15 is 0 Å². The van der Waals surface area contributed by atoms with Gasteiger partial charge in [-0.25, -0.2) is 0 Å². The van der Waals surface area contributed by atoms with E-state index in [-0.39, 0.29) is 0 Å². The first-order valence-corrected chi connectivity index (χ1v) is 7.68. The van der Waals surface area contributed by atoms with Crippen molar-refractivity contribution in [1.82, 2.24) is 0 Å². The molecule has 0 aromatic rings. The van der Waals surface area contributed by atoms with E-state index in [0.29, 0.717) is 5.41 Å². The maximum atomic E-state index is 2.53. The number of allylic oxidation sites excluding steroid dienone is 2. The zero-order valence-corrected chi connectivity index (χ0v) is 12.2. The highest BCUT2D eigenvalue weighted by atomic mass is 14.4. The van der Waals surface area contributed by atoms with E-state index in [1.54, 1.807) is 0 Å². The summed E-state index contributed by atoms with van der Waals surface area (Å²) in [4.78, 5) is 0. The predicted octanol–water partition coefficient (Wildman–Crippen LogP) is 5.44. The molecule has 2 aliphatic carbocycles. The van der Waals surface area contributed by atoms with Crippen LogP contribution in [0.4, 0.5) is 0 Å².